The van der Waals surface area contributed by atoms with Crippen molar-refractivity contribution in [1.29, 1.82) is 0 Å². The van der Waals surface area contributed by atoms with Crippen LogP contribution in [-0.2, 0) is 39.4 Å². The van der Waals surface area contributed by atoms with Crippen molar-refractivity contribution in [2.24, 2.45) is 12.8 Å². The average molecular weight is 493 g/mol. The number of hydrogen-bond acceptors (Lipinski definition) is 2. The number of nitrogens with two attached hydrogens (primary N) is 1. The van der Waals surface area contributed by atoms with E-state index >= 15 is 0 Å². The van der Waals surface area contributed by atoms with Crippen LogP contribution in [0.4, 0.5) is 4.39 Å². The van der Waals surface area contributed by atoms with Crippen molar-refractivity contribution in [2.75, 3.05) is 0 Å². The molecule has 1 heterocycles. The standard InChI is InChI=1S/C10H11N3.C7H8FN.Pt/c1-13-8-11-10(12-13)7-9-5-3-2-4-6-9;8-7-3-1-6(5-9)2-4-7;/h2-6H,7H2,1H3,(H,11,12);1-4H,5,9H2;. The molecule has 4 nitrogen and oxygen atoms in total. The third kappa shape index (κ3) is 5.70. The summed E-state index contributed by atoms with van der Waals surface area (Å²) in [6.07, 6.45) is 0.859. The molecule has 0 saturated heterocycles. The van der Waals surface area contributed by atoms with Crippen molar-refractivity contribution in [3.8, 4) is 0 Å². The molecule has 3 N–H and O–H groups in total. The van der Waals surface area contributed by atoms with Gasteiger partial charge in [-0.1, -0.05) is 12.1 Å². The Kier molecular flexibility index (Phi) is 6.63. The summed E-state index contributed by atoms with van der Waals surface area (Å²) >= 11 is 2.19. The Morgan fingerprint density at radius 2 is 1.74 bits per heavy atom. The van der Waals surface area contributed by atoms with Crippen LogP contribution >= 0.6 is 0 Å². The van der Waals surface area contributed by atoms with Gasteiger partial charge in [-0.3, -0.25) is 0 Å². The van der Waals surface area contributed by atoms with Crippen LogP contribution in [-0.4, -0.2) is 14.8 Å². The first-order valence-electron chi connectivity index (χ1n) is 7.14. The smallest absolute Gasteiger partial charge is 0.123 e. The molecule has 2 aromatic carbocycles. The van der Waals surface area contributed by atoms with Crippen LogP contribution in [0.2, 0.25) is 0 Å². The van der Waals surface area contributed by atoms with Crippen LogP contribution in [0.25, 0.3) is 0 Å². The summed E-state index contributed by atoms with van der Waals surface area (Å²) in [4.78, 5) is 4.40. The van der Waals surface area contributed by atoms with Gasteiger partial charge in [-0.2, -0.15) is 0 Å². The number of nitrogens with zero attached hydrogens (tertiary/aromatic N) is 2. The van der Waals surface area contributed by atoms with Crippen molar-refractivity contribution in [2.45, 2.75) is 13.0 Å². The van der Waals surface area contributed by atoms with Crippen LogP contribution in [0, 0.1) is 9.62 Å². The number of aromatic nitrogens is 3. The fourth-order valence-corrected chi connectivity index (χ4v) is 2.36. The summed E-state index contributed by atoms with van der Waals surface area (Å²) in [6.45, 7) is 0.472. The zero-order chi connectivity index (χ0) is 16.7. The van der Waals surface area contributed by atoms with Crippen LogP contribution in [0.15, 0.2) is 54.6 Å². The molecule has 0 fully saturated rings. The maximum Gasteiger partial charge on any atom is 0.123 e. The van der Waals surface area contributed by atoms with Crippen LogP contribution in [0.3, 0.4) is 0 Å². The first-order chi connectivity index (χ1) is 11.1. The third-order valence-corrected chi connectivity index (χ3v) is 4.15. The molecule has 0 aliphatic rings. The van der Waals surface area contributed by atoms with Gasteiger partial charge in [-0.15, -0.1) is 0 Å². The van der Waals surface area contributed by atoms with E-state index in [0.717, 1.165) is 21.6 Å². The maximum atomic E-state index is 12.2. The molecule has 124 valence electrons. The van der Waals surface area contributed by atoms with Gasteiger partial charge in [0.1, 0.15) is 5.82 Å². The summed E-state index contributed by atoms with van der Waals surface area (Å²) in [5.74, 6) is 0.788. The molecular weight excluding hydrogens is 474 g/mol. The van der Waals surface area contributed by atoms with Crippen molar-refractivity contribution in [3.63, 3.8) is 0 Å². The molecule has 0 amide bonds. The second-order valence-electron chi connectivity index (χ2n) is 4.96. The second kappa shape index (κ2) is 8.70. The first-order valence-corrected chi connectivity index (χ1v) is 8.28. The zero-order valence-electron chi connectivity index (χ0n) is 12.8. The summed E-state index contributed by atoms with van der Waals surface area (Å²) in [5, 5.41) is 3.19. The van der Waals surface area contributed by atoms with Crippen molar-refractivity contribution in [1.82, 2.24) is 14.8 Å². The Morgan fingerprint density at radius 3 is 2.26 bits per heavy atom. The normalized spacial score (nSPS) is 10.1. The SMILES string of the molecule is Cn1[nH]c(Cc2ccccc2)n[c]1=[Pt].NCc1ccc(F)cc1. The number of halogens is 1. The van der Waals surface area contributed by atoms with Gasteiger partial charge in [0, 0.05) is 6.54 Å². The van der Waals surface area contributed by atoms with Gasteiger partial charge in [-0.05, 0) is 17.7 Å². The molecule has 0 aliphatic carbocycles. The molecule has 0 saturated carbocycles. The molecule has 0 radical (unpaired) electrons. The topological polar surface area (TPSA) is 59.6 Å². The fourth-order valence-electron chi connectivity index (χ4n) is 1.93. The summed E-state index contributed by atoms with van der Waals surface area (Å²) in [6, 6.07) is 16.5. The Bertz CT molecular complexity index is 778. The van der Waals surface area contributed by atoms with E-state index in [-0.39, 0.29) is 5.82 Å². The van der Waals surface area contributed by atoms with E-state index in [1.54, 1.807) is 12.1 Å². The van der Waals surface area contributed by atoms with E-state index in [4.69, 9.17) is 5.73 Å². The molecule has 0 unspecified atom stereocenters. The molecular formula is C17H19FN4Pt. The number of nitrogens with one attached hydrogen (secondary N) is 1. The van der Waals surface area contributed by atoms with E-state index in [1.165, 1.54) is 17.7 Å². The van der Waals surface area contributed by atoms with E-state index in [1.807, 2.05) is 29.9 Å². The number of rotatable bonds is 3. The van der Waals surface area contributed by atoms with Gasteiger partial charge in [-0.25, -0.2) is 4.39 Å². The van der Waals surface area contributed by atoms with E-state index < -0.39 is 0 Å². The summed E-state index contributed by atoms with van der Waals surface area (Å²) < 4.78 is 15.1. The van der Waals surface area contributed by atoms with E-state index in [9.17, 15) is 4.39 Å². The number of aromatic amines is 1. The maximum absolute atomic E-state index is 12.2. The summed E-state index contributed by atoms with van der Waals surface area (Å²) in [5.41, 5.74) is 7.51. The molecule has 0 aliphatic heterocycles. The number of hydrogen-bond donors (Lipinski definition) is 2. The predicted molar refractivity (Wildman–Crippen MR) is 84.3 cm³/mol. The molecule has 1 aromatic heterocycles. The first kappa shape index (κ1) is 17.5. The molecule has 23 heavy (non-hydrogen) atoms. The van der Waals surface area contributed by atoms with E-state index in [2.05, 4.69) is 41.6 Å². The number of H-pyrrole nitrogens is 1. The Hall–Kier alpha value is -1.84. The van der Waals surface area contributed by atoms with Gasteiger partial charge in [0.15, 0.2) is 0 Å². The minimum absolute atomic E-state index is 0.216. The number of aryl methyl sites for hydroxylation is 1. The van der Waals surface area contributed by atoms with Crippen molar-refractivity contribution in [3.05, 3.63) is 81.2 Å². The Labute approximate surface area is 145 Å². The van der Waals surface area contributed by atoms with Crippen LogP contribution in [0.1, 0.15) is 17.0 Å². The molecule has 6 heteroatoms. The minimum Gasteiger partial charge on any atom is -0.326 e. The number of benzene rings is 2. The van der Waals surface area contributed by atoms with Gasteiger partial charge < -0.3 is 5.73 Å². The van der Waals surface area contributed by atoms with Crippen LogP contribution in [0.5, 0.6) is 0 Å². The molecule has 0 atom stereocenters. The predicted octanol–water partition coefficient (Wildman–Crippen LogP) is 2.70. The van der Waals surface area contributed by atoms with Gasteiger partial charge in [0.05, 0.1) is 0 Å². The van der Waals surface area contributed by atoms with Gasteiger partial charge in [0.2, 0.25) is 0 Å². The van der Waals surface area contributed by atoms with Crippen molar-refractivity contribution < 1.29 is 23.7 Å². The molecule has 0 bridgehead atoms. The third-order valence-electron chi connectivity index (χ3n) is 3.14. The Balaban J connectivity index is 0.000000185. The molecule has 0 spiro atoms. The molecule has 3 aromatic rings. The quantitative estimate of drug-likeness (QED) is 0.590. The largest absolute Gasteiger partial charge is 0.326 e. The minimum atomic E-state index is -0.216. The van der Waals surface area contributed by atoms with Gasteiger partial charge in [0.25, 0.3) is 0 Å². The Morgan fingerprint density at radius 1 is 1.09 bits per heavy atom. The monoisotopic (exact) mass is 493 g/mol. The van der Waals surface area contributed by atoms with Crippen molar-refractivity contribution >= 4 is 0 Å². The van der Waals surface area contributed by atoms with E-state index in [0.29, 0.717) is 6.54 Å². The fraction of sp³-hybridized carbons (Fsp3) is 0.176. The van der Waals surface area contributed by atoms with Gasteiger partial charge >= 0.3 is 93.1 Å². The summed E-state index contributed by atoms with van der Waals surface area (Å²) in [7, 11) is 1.96. The average Bonchev–Trinajstić information content (AvgIpc) is 2.87. The zero-order valence-corrected chi connectivity index (χ0v) is 15.0. The second-order valence-corrected chi connectivity index (χ2v) is 5.98. The molecule has 3 rings (SSSR count). The van der Waals surface area contributed by atoms with Crippen LogP contribution < -0.4 is 5.73 Å².